The summed E-state index contributed by atoms with van der Waals surface area (Å²) in [5.74, 6) is -0.163. The molecule has 1 heterocycles. The van der Waals surface area contributed by atoms with E-state index in [4.69, 9.17) is 5.73 Å². The molecule has 0 atom stereocenters. The second-order valence-corrected chi connectivity index (χ2v) is 6.93. The third kappa shape index (κ3) is 4.34. The molecule has 0 bridgehead atoms. The molecule has 0 saturated heterocycles. The lowest BCUT2D eigenvalue weighted by Gasteiger charge is -2.26. The van der Waals surface area contributed by atoms with E-state index in [1.807, 2.05) is 6.07 Å². The van der Waals surface area contributed by atoms with Gasteiger partial charge in [-0.1, -0.05) is 15.9 Å². The zero-order chi connectivity index (χ0) is 16.4. The van der Waals surface area contributed by atoms with Gasteiger partial charge < -0.3 is 11.1 Å². The van der Waals surface area contributed by atoms with Gasteiger partial charge in [-0.2, -0.15) is 0 Å². The molecular formula is C16H20BrClN4O2. The van der Waals surface area contributed by atoms with Crippen molar-refractivity contribution in [3.63, 3.8) is 0 Å². The third-order valence-electron chi connectivity index (χ3n) is 4.24. The number of hydrogen-bond acceptors (Lipinski definition) is 4. The van der Waals surface area contributed by atoms with Gasteiger partial charge in [0.2, 0.25) is 5.91 Å². The maximum absolute atomic E-state index is 12.5. The fourth-order valence-electron chi connectivity index (χ4n) is 2.94. The van der Waals surface area contributed by atoms with Crippen molar-refractivity contribution in [1.82, 2.24) is 14.9 Å². The smallest absolute Gasteiger partial charge is 0.261 e. The molecule has 3 rings (SSSR count). The van der Waals surface area contributed by atoms with Gasteiger partial charge in [0, 0.05) is 16.6 Å². The van der Waals surface area contributed by atoms with Crippen LogP contribution in [0.3, 0.4) is 0 Å². The zero-order valence-electron chi connectivity index (χ0n) is 13.1. The molecular weight excluding hydrogens is 396 g/mol. The van der Waals surface area contributed by atoms with Gasteiger partial charge in [0.15, 0.2) is 0 Å². The van der Waals surface area contributed by atoms with E-state index in [9.17, 15) is 9.59 Å². The molecule has 1 aromatic heterocycles. The number of fused-ring (bicyclic) bond motifs is 1. The van der Waals surface area contributed by atoms with Gasteiger partial charge in [0.25, 0.3) is 5.56 Å². The molecule has 0 radical (unpaired) electrons. The Kier molecular flexibility index (Phi) is 6.37. The lowest BCUT2D eigenvalue weighted by Crippen LogP contribution is -2.42. The maximum atomic E-state index is 12.5. The molecule has 6 nitrogen and oxygen atoms in total. The van der Waals surface area contributed by atoms with Crippen LogP contribution in [-0.2, 0) is 11.3 Å². The SMILES string of the molecule is Cl.NC1CCC(NC(=O)Cn2cnc3ccc(Br)cc3c2=O)CC1. The van der Waals surface area contributed by atoms with Gasteiger partial charge >= 0.3 is 0 Å². The minimum absolute atomic E-state index is 0. The Morgan fingerprint density at radius 3 is 2.75 bits per heavy atom. The monoisotopic (exact) mass is 414 g/mol. The maximum Gasteiger partial charge on any atom is 0.261 e. The first-order valence-electron chi connectivity index (χ1n) is 7.72. The summed E-state index contributed by atoms with van der Waals surface area (Å²) >= 11 is 3.35. The normalized spacial score (nSPS) is 20.4. The predicted molar refractivity (Wildman–Crippen MR) is 99.3 cm³/mol. The van der Waals surface area contributed by atoms with Crippen LogP contribution in [0.2, 0.25) is 0 Å². The largest absolute Gasteiger partial charge is 0.352 e. The van der Waals surface area contributed by atoms with Gasteiger partial charge in [0.1, 0.15) is 6.54 Å². The van der Waals surface area contributed by atoms with Crippen LogP contribution in [0.25, 0.3) is 10.9 Å². The van der Waals surface area contributed by atoms with E-state index in [1.165, 1.54) is 10.9 Å². The van der Waals surface area contributed by atoms with Gasteiger partial charge in [0.05, 0.1) is 17.2 Å². The van der Waals surface area contributed by atoms with Crippen molar-refractivity contribution in [2.45, 2.75) is 44.3 Å². The summed E-state index contributed by atoms with van der Waals surface area (Å²) < 4.78 is 2.16. The minimum Gasteiger partial charge on any atom is -0.352 e. The van der Waals surface area contributed by atoms with Gasteiger partial charge in [-0.25, -0.2) is 4.98 Å². The summed E-state index contributed by atoms with van der Waals surface area (Å²) in [5, 5.41) is 3.48. The van der Waals surface area contributed by atoms with E-state index in [0.717, 1.165) is 30.2 Å². The van der Waals surface area contributed by atoms with Crippen molar-refractivity contribution < 1.29 is 4.79 Å². The van der Waals surface area contributed by atoms with Crippen molar-refractivity contribution in [3.05, 3.63) is 39.4 Å². The van der Waals surface area contributed by atoms with E-state index < -0.39 is 0 Å². The number of halogens is 2. The van der Waals surface area contributed by atoms with Crippen LogP contribution in [0.4, 0.5) is 0 Å². The van der Waals surface area contributed by atoms with Crippen molar-refractivity contribution in [2.75, 3.05) is 0 Å². The van der Waals surface area contributed by atoms with Crippen LogP contribution >= 0.6 is 28.3 Å². The molecule has 1 amide bonds. The van der Waals surface area contributed by atoms with E-state index in [-0.39, 0.29) is 42.5 Å². The predicted octanol–water partition coefficient (Wildman–Crippen LogP) is 1.97. The molecule has 1 aliphatic carbocycles. The topological polar surface area (TPSA) is 90.0 Å². The van der Waals surface area contributed by atoms with Crippen LogP contribution in [0.1, 0.15) is 25.7 Å². The molecule has 0 unspecified atom stereocenters. The second kappa shape index (κ2) is 8.09. The number of benzene rings is 1. The Morgan fingerprint density at radius 1 is 1.33 bits per heavy atom. The molecule has 2 aromatic rings. The fourth-order valence-corrected chi connectivity index (χ4v) is 3.30. The summed E-state index contributed by atoms with van der Waals surface area (Å²) in [6.45, 7) is -0.0170. The Hall–Kier alpha value is -1.44. The molecule has 1 saturated carbocycles. The van der Waals surface area contributed by atoms with Crippen LogP contribution in [0.15, 0.2) is 33.8 Å². The highest BCUT2D eigenvalue weighted by atomic mass is 79.9. The lowest BCUT2D eigenvalue weighted by atomic mass is 9.92. The molecule has 8 heteroatoms. The van der Waals surface area contributed by atoms with E-state index in [2.05, 4.69) is 26.2 Å². The number of amides is 1. The molecule has 130 valence electrons. The van der Waals surface area contributed by atoms with Crippen molar-refractivity contribution in [2.24, 2.45) is 5.73 Å². The lowest BCUT2D eigenvalue weighted by molar-refractivity contribution is -0.122. The molecule has 0 aliphatic heterocycles. The van der Waals surface area contributed by atoms with Crippen LogP contribution < -0.4 is 16.6 Å². The highest BCUT2D eigenvalue weighted by molar-refractivity contribution is 9.10. The summed E-state index contributed by atoms with van der Waals surface area (Å²) in [4.78, 5) is 28.9. The number of nitrogens with two attached hydrogens (primary N) is 1. The summed E-state index contributed by atoms with van der Waals surface area (Å²) in [7, 11) is 0. The van der Waals surface area contributed by atoms with E-state index in [1.54, 1.807) is 12.1 Å². The first-order valence-corrected chi connectivity index (χ1v) is 8.52. The van der Waals surface area contributed by atoms with Gasteiger partial charge in [-0.3, -0.25) is 14.2 Å². The summed E-state index contributed by atoms with van der Waals surface area (Å²) in [5.41, 5.74) is 6.28. The fraction of sp³-hybridized carbons (Fsp3) is 0.438. The quantitative estimate of drug-likeness (QED) is 0.802. The standard InChI is InChI=1S/C16H19BrN4O2.ClH/c17-10-1-6-14-13(7-10)16(23)21(9-19-14)8-15(22)20-12-4-2-11(18)3-5-12;/h1,6-7,9,11-12H,2-5,8,18H2,(H,20,22);1H. The first-order chi connectivity index (χ1) is 11.0. The third-order valence-corrected chi connectivity index (χ3v) is 4.73. The van der Waals surface area contributed by atoms with E-state index in [0.29, 0.717) is 10.9 Å². The van der Waals surface area contributed by atoms with E-state index >= 15 is 0 Å². The first kappa shape index (κ1) is 18.9. The summed E-state index contributed by atoms with van der Waals surface area (Å²) in [6, 6.07) is 5.73. The molecule has 1 fully saturated rings. The second-order valence-electron chi connectivity index (χ2n) is 6.02. The van der Waals surface area contributed by atoms with Crippen LogP contribution in [0, 0.1) is 0 Å². The molecule has 1 aromatic carbocycles. The highest BCUT2D eigenvalue weighted by Crippen LogP contribution is 2.17. The average Bonchev–Trinajstić information content (AvgIpc) is 2.53. The van der Waals surface area contributed by atoms with Crippen molar-refractivity contribution >= 4 is 45.1 Å². The number of carbonyl (C=O) groups is 1. The van der Waals surface area contributed by atoms with Crippen LogP contribution in [0.5, 0.6) is 0 Å². The number of aromatic nitrogens is 2. The number of nitrogens with one attached hydrogen (secondary N) is 1. The Bertz CT molecular complexity index is 787. The molecule has 3 N–H and O–H groups in total. The zero-order valence-corrected chi connectivity index (χ0v) is 15.5. The molecule has 24 heavy (non-hydrogen) atoms. The van der Waals surface area contributed by atoms with Crippen molar-refractivity contribution in [1.29, 1.82) is 0 Å². The Labute approximate surface area is 154 Å². The summed E-state index contributed by atoms with van der Waals surface area (Å²) in [6.07, 6.45) is 5.07. The highest BCUT2D eigenvalue weighted by Gasteiger charge is 2.20. The van der Waals surface area contributed by atoms with Gasteiger partial charge in [-0.05, 0) is 43.9 Å². The molecule has 0 spiro atoms. The number of rotatable bonds is 3. The van der Waals surface area contributed by atoms with Crippen molar-refractivity contribution in [3.8, 4) is 0 Å². The average molecular weight is 416 g/mol. The van der Waals surface area contributed by atoms with Gasteiger partial charge in [-0.15, -0.1) is 12.4 Å². The number of hydrogen-bond donors (Lipinski definition) is 2. The Morgan fingerprint density at radius 2 is 2.04 bits per heavy atom. The minimum atomic E-state index is -0.211. The Balaban J connectivity index is 0.00000208. The molecule has 1 aliphatic rings. The van der Waals surface area contributed by atoms with Crippen LogP contribution in [-0.4, -0.2) is 27.5 Å². The number of nitrogens with zero attached hydrogens (tertiary/aromatic N) is 2. The number of carbonyl (C=O) groups excluding carboxylic acids is 1.